The lowest BCUT2D eigenvalue weighted by atomic mass is 9.82. The third-order valence-electron chi connectivity index (χ3n) is 4.97. The molecule has 1 fully saturated rings. The van der Waals surface area contributed by atoms with E-state index in [2.05, 4.69) is 11.4 Å². The van der Waals surface area contributed by atoms with Crippen LogP contribution in [0.2, 0.25) is 0 Å². The highest BCUT2D eigenvalue weighted by Crippen LogP contribution is 2.39. The molecule has 25 heavy (non-hydrogen) atoms. The third kappa shape index (κ3) is 4.55. The molecule has 1 saturated carbocycles. The van der Waals surface area contributed by atoms with E-state index in [-0.39, 0.29) is 17.3 Å². The van der Waals surface area contributed by atoms with Gasteiger partial charge in [-0.15, -0.1) is 11.6 Å². The van der Waals surface area contributed by atoms with Crippen molar-refractivity contribution in [2.24, 2.45) is 5.92 Å². The summed E-state index contributed by atoms with van der Waals surface area (Å²) >= 11 is 6.72. The van der Waals surface area contributed by atoms with Crippen molar-refractivity contribution >= 4 is 17.5 Å². The molecule has 2 aromatic rings. The van der Waals surface area contributed by atoms with Crippen LogP contribution in [0.5, 0.6) is 5.75 Å². The van der Waals surface area contributed by atoms with Gasteiger partial charge in [0.25, 0.3) is 5.91 Å². The third-order valence-corrected chi connectivity index (χ3v) is 5.58. The van der Waals surface area contributed by atoms with Gasteiger partial charge in [0.1, 0.15) is 5.75 Å². The van der Waals surface area contributed by atoms with Crippen LogP contribution in [0.3, 0.4) is 0 Å². The van der Waals surface area contributed by atoms with Crippen LogP contribution in [0.25, 0.3) is 0 Å². The molecule has 1 unspecified atom stereocenters. The second kappa shape index (κ2) is 8.39. The first-order valence-electron chi connectivity index (χ1n) is 8.81. The molecule has 3 nitrogen and oxygen atoms in total. The van der Waals surface area contributed by atoms with Gasteiger partial charge in [-0.2, -0.15) is 0 Å². The number of carbonyl (C=O) groups excluding carboxylic acids is 1. The van der Waals surface area contributed by atoms with E-state index in [1.165, 1.54) is 0 Å². The van der Waals surface area contributed by atoms with E-state index >= 15 is 0 Å². The Bertz CT molecular complexity index is 696. The van der Waals surface area contributed by atoms with Crippen molar-refractivity contribution < 1.29 is 9.53 Å². The van der Waals surface area contributed by atoms with E-state index in [0.29, 0.717) is 5.92 Å². The Morgan fingerprint density at radius 1 is 1.08 bits per heavy atom. The number of methoxy groups -OCH3 is 1. The second-order valence-corrected chi connectivity index (χ2v) is 7.10. The molecular weight excluding hydrogens is 334 g/mol. The number of halogens is 1. The molecule has 3 rings (SSSR count). The van der Waals surface area contributed by atoms with Gasteiger partial charge in [0.2, 0.25) is 0 Å². The molecule has 1 aliphatic rings. The normalized spacial score (nSPS) is 21.4. The van der Waals surface area contributed by atoms with Crippen LogP contribution >= 0.6 is 11.6 Å². The van der Waals surface area contributed by atoms with E-state index in [1.54, 1.807) is 7.11 Å². The molecule has 0 saturated heterocycles. The molecule has 0 radical (unpaired) electrons. The standard InChI is InChI=1S/C21H24ClNO2/c1-25-19-9-5-8-17(14-19)20(22)15-10-12-18(13-11-15)23-21(24)16-6-3-2-4-7-16/h2-9,14-15,18,20H,10-13H2,1H3,(H,23,24). The van der Waals surface area contributed by atoms with Crippen molar-refractivity contribution in [3.8, 4) is 5.75 Å². The predicted octanol–water partition coefficient (Wildman–Crippen LogP) is 4.96. The lowest BCUT2D eigenvalue weighted by molar-refractivity contribution is 0.0921. The van der Waals surface area contributed by atoms with E-state index in [1.807, 2.05) is 48.5 Å². The second-order valence-electron chi connectivity index (χ2n) is 6.63. The van der Waals surface area contributed by atoms with Gasteiger partial charge < -0.3 is 10.1 Å². The Morgan fingerprint density at radius 2 is 1.80 bits per heavy atom. The maximum absolute atomic E-state index is 12.3. The van der Waals surface area contributed by atoms with Crippen molar-refractivity contribution in [3.05, 3.63) is 65.7 Å². The molecule has 2 aromatic carbocycles. The Hall–Kier alpha value is -2.00. The zero-order valence-electron chi connectivity index (χ0n) is 14.5. The van der Waals surface area contributed by atoms with E-state index in [4.69, 9.17) is 16.3 Å². The average molecular weight is 358 g/mol. The Kier molecular flexibility index (Phi) is 5.98. The minimum atomic E-state index is -0.0131. The number of nitrogens with one attached hydrogen (secondary N) is 1. The quantitative estimate of drug-likeness (QED) is 0.768. The predicted molar refractivity (Wildman–Crippen MR) is 101 cm³/mol. The molecule has 0 aromatic heterocycles. The van der Waals surface area contributed by atoms with Crippen LogP contribution in [0, 0.1) is 5.92 Å². The Labute approximate surface area is 154 Å². The molecule has 0 spiro atoms. The number of hydrogen-bond donors (Lipinski definition) is 1. The van der Waals surface area contributed by atoms with Gasteiger partial charge >= 0.3 is 0 Å². The Morgan fingerprint density at radius 3 is 2.48 bits per heavy atom. The minimum Gasteiger partial charge on any atom is -0.497 e. The smallest absolute Gasteiger partial charge is 0.251 e. The maximum Gasteiger partial charge on any atom is 0.251 e. The van der Waals surface area contributed by atoms with Gasteiger partial charge in [-0.3, -0.25) is 4.79 Å². The molecular formula is C21H24ClNO2. The summed E-state index contributed by atoms with van der Waals surface area (Å²) in [5.74, 6) is 1.28. The van der Waals surface area contributed by atoms with Crippen molar-refractivity contribution in [1.82, 2.24) is 5.32 Å². The van der Waals surface area contributed by atoms with E-state index in [9.17, 15) is 4.79 Å². The lowest BCUT2D eigenvalue weighted by Crippen LogP contribution is -2.38. The summed E-state index contributed by atoms with van der Waals surface area (Å²) in [7, 11) is 1.67. The summed E-state index contributed by atoms with van der Waals surface area (Å²) in [5.41, 5.74) is 1.83. The molecule has 1 amide bonds. The number of ether oxygens (including phenoxy) is 1. The van der Waals surface area contributed by atoms with Crippen LogP contribution in [0.15, 0.2) is 54.6 Å². The van der Waals surface area contributed by atoms with Crippen LogP contribution in [-0.2, 0) is 0 Å². The summed E-state index contributed by atoms with van der Waals surface area (Å²) in [6.45, 7) is 0. The molecule has 1 N–H and O–H groups in total. The maximum atomic E-state index is 12.3. The first kappa shape index (κ1) is 17.8. The molecule has 0 bridgehead atoms. The van der Waals surface area contributed by atoms with Crippen molar-refractivity contribution in [2.45, 2.75) is 37.1 Å². The fraction of sp³-hybridized carbons (Fsp3) is 0.381. The minimum absolute atomic E-state index is 0.0131. The van der Waals surface area contributed by atoms with Gasteiger partial charge in [0.05, 0.1) is 12.5 Å². The van der Waals surface area contributed by atoms with Gasteiger partial charge in [-0.25, -0.2) is 0 Å². The zero-order valence-corrected chi connectivity index (χ0v) is 15.2. The largest absolute Gasteiger partial charge is 0.497 e. The van der Waals surface area contributed by atoms with Gasteiger partial charge in [-0.1, -0.05) is 30.3 Å². The molecule has 1 atom stereocenters. The first-order chi connectivity index (χ1) is 12.2. The summed E-state index contributed by atoms with van der Waals surface area (Å²) < 4.78 is 5.29. The van der Waals surface area contributed by atoms with Crippen LogP contribution in [0.4, 0.5) is 0 Å². The number of carbonyl (C=O) groups is 1. The fourth-order valence-corrected chi connectivity index (χ4v) is 3.89. The van der Waals surface area contributed by atoms with E-state index in [0.717, 1.165) is 42.6 Å². The monoisotopic (exact) mass is 357 g/mol. The summed E-state index contributed by atoms with van der Waals surface area (Å²) in [4.78, 5) is 12.3. The average Bonchev–Trinajstić information content (AvgIpc) is 2.68. The topological polar surface area (TPSA) is 38.3 Å². The van der Waals surface area contributed by atoms with Crippen molar-refractivity contribution in [2.75, 3.05) is 7.11 Å². The molecule has 1 aliphatic carbocycles. The zero-order chi connectivity index (χ0) is 17.6. The molecule has 0 heterocycles. The summed E-state index contributed by atoms with van der Waals surface area (Å²) in [6.07, 6.45) is 3.98. The molecule has 0 aliphatic heterocycles. The molecule has 132 valence electrons. The van der Waals surface area contributed by atoms with Crippen LogP contribution in [-0.4, -0.2) is 19.1 Å². The number of hydrogen-bond acceptors (Lipinski definition) is 2. The summed E-state index contributed by atoms with van der Waals surface area (Å²) in [5, 5.41) is 3.14. The SMILES string of the molecule is COc1cccc(C(Cl)C2CCC(NC(=O)c3ccccc3)CC2)c1. The highest BCUT2D eigenvalue weighted by Gasteiger charge is 2.28. The number of rotatable bonds is 5. The van der Waals surface area contributed by atoms with Gasteiger partial charge in [-0.05, 0) is 61.4 Å². The van der Waals surface area contributed by atoms with Crippen LogP contribution < -0.4 is 10.1 Å². The highest BCUT2D eigenvalue weighted by molar-refractivity contribution is 6.21. The summed E-state index contributed by atoms with van der Waals surface area (Å²) in [6, 6.07) is 17.6. The lowest BCUT2D eigenvalue weighted by Gasteiger charge is -2.32. The first-order valence-corrected chi connectivity index (χ1v) is 9.25. The number of alkyl halides is 1. The highest BCUT2D eigenvalue weighted by atomic mass is 35.5. The van der Waals surface area contributed by atoms with Crippen molar-refractivity contribution in [1.29, 1.82) is 0 Å². The van der Waals surface area contributed by atoms with Gasteiger partial charge in [0, 0.05) is 11.6 Å². The van der Waals surface area contributed by atoms with Crippen molar-refractivity contribution in [3.63, 3.8) is 0 Å². The Balaban J connectivity index is 1.53. The fourth-order valence-electron chi connectivity index (χ4n) is 3.50. The van der Waals surface area contributed by atoms with E-state index < -0.39 is 0 Å². The van der Waals surface area contributed by atoms with Gasteiger partial charge in [0.15, 0.2) is 0 Å². The molecule has 4 heteroatoms. The van der Waals surface area contributed by atoms with Crippen LogP contribution in [0.1, 0.15) is 47.0 Å². The number of amides is 1. The number of benzene rings is 2.